The van der Waals surface area contributed by atoms with Crippen molar-refractivity contribution in [2.75, 3.05) is 0 Å². The lowest BCUT2D eigenvalue weighted by Crippen LogP contribution is -1.86. The minimum atomic E-state index is -0.307. The first-order valence-electron chi connectivity index (χ1n) is 5.73. The molecule has 2 nitrogen and oxygen atoms in total. The maximum absolute atomic E-state index is 14.4. The van der Waals surface area contributed by atoms with Crippen molar-refractivity contribution in [3.63, 3.8) is 0 Å². The summed E-state index contributed by atoms with van der Waals surface area (Å²) in [5.74, 6) is -0.221. The lowest BCUT2D eigenvalue weighted by atomic mass is 10.0. The van der Waals surface area contributed by atoms with Gasteiger partial charge in [-0.05, 0) is 31.2 Å². The lowest BCUT2D eigenvalue weighted by Gasteiger charge is -2.06. The third-order valence-corrected chi connectivity index (χ3v) is 3.07. The van der Waals surface area contributed by atoms with Gasteiger partial charge >= 0.3 is 0 Å². The van der Waals surface area contributed by atoms with E-state index < -0.39 is 0 Å². The van der Waals surface area contributed by atoms with Gasteiger partial charge in [-0.25, -0.2) is 4.39 Å². The average molecular weight is 241 g/mol. The minimum Gasteiger partial charge on any atom is -0.507 e. The fraction of sp³-hybridized carbons (Fsp3) is 0.0667. The van der Waals surface area contributed by atoms with Crippen LogP contribution in [0.1, 0.15) is 5.69 Å². The van der Waals surface area contributed by atoms with Crippen LogP contribution in [0.4, 0.5) is 4.39 Å². The largest absolute Gasteiger partial charge is 0.507 e. The van der Waals surface area contributed by atoms with Crippen LogP contribution in [0, 0.1) is 12.7 Å². The molecular formula is C15H12FNO. The normalized spacial score (nSPS) is 11.0. The van der Waals surface area contributed by atoms with Gasteiger partial charge in [-0.3, -0.25) is 0 Å². The fourth-order valence-electron chi connectivity index (χ4n) is 2.22. The number of hydrogen-bond donors (Lipinski definition) is 2. The van der Waals surface area contributed by atoms with Crippen LogP contribution < -0.4 is 0 Å². The summed E-state index contributed by atoms with van der Waals surface area (Å²) >= 11 is 0. The lowest BCUT2D eigenvalue weighted by molar-refractivity contribution is 0.477. The Balaban J connectivity index is 2.30. The first-order valence-corrected chi connectivity index (χ1v) is 5.73. The second-order valence-corrected chi connectivity index (χ2v) is 4.36. The van der Waals surface area contributed by atoms with Crippen LogP contribution in [-0.4, -0.2) is 10.1 Å². The Bertz CT molecular complexity index is 730. The molecule has 0 radical (unpaired) electrons. The van der Waals surface area contributed by atoms with Gasteiger partial charge in [0.15, 0.2) is 0 Å². The number of H-pyrrole nitrogens is 1. The predicted octanol–water partition coefficient (Wildman–Crippen LogP) is 3.99. The molecule has 1 aromatic heterocycles. The van der Waals surface area contributed by atoms with Crippen molar-refractivity contribution in [2.24, 2.45) is 0 Å². The number of hydrogen-bond acceptors (Lipinski definition) is 1. The second kappa shape index (κ2) is 3.88. The third kappa shape index (κ3) is 1.56. The van der Waals surface area contributed by atoms with E-state index in [4.69, 9.17) is 0 Å². The molecule has 0 aliphatic rings. The zero-order chi connectivity index (χ0) is 12.7. The second-order valence-electron chi connectivity index (χ2n) is 4.36. The summed E-state index contributed by atoms with van der Waals surface area (Å²) in [6.07, 6.45) is 0. The summed E-state index contributed by atoms with van der Waals surface area (Å²) in [6, 6.07) is 12.0. The van der Waals surface area contributed by atoms with E-state index in [-0.39, 0.29) is 11.6 Å². The molecule has 3 aromatic rings. The highest BCUT2D eigenvalue weighted by atomic mass is 19.1. The van der Waals surface area contributed by atoms with Crippen LogP contribution in [0.15, 0.2) is 42.5 Å². The van der Waals surface area contributed by atoms with Crippen LogP contribution in [-0.2, 0) is 0 Å². The van der Waals surface area contributed by atoms with Crippen LogP contribution in [0.3, 0.4) is 0 Å². The van der Waals surface area contributed by atoms with Crippen molar-refractivity contribution >= 4 is 10.9 Å². The Morgan fingerprint density at radius 3 is 2.61 bits per heavy atom. The summed E-state index contributed by atoms with van der Waals surface area (Å²) < 4.78 is 14.4. The van der Waals surface area contributed by atoms with Gasteiger partial charge in [-0.2, -0.15) is 0 Å². The van der Waals surface area contributed by atoms with Crippen LogP contribution >= 0.6 is 0 Å². The van der Waals surface area contributed by atoms with Gasteiger partial charge in [0.05, 0.1) is 0 Å². The first kappa shape index (κ1) is 10.8. The molecule has 2 N–H and O–H groups in total. The van der Waals surface area contributed by atoms with Crippen LogP contribution in [0.2, 0.25) is 0 Å². The molecule has 18 heavy (non-hydrogen) atoms. The average Bonchev–Trinajstić information content (AvgIpc) is 2.73. The van der Waals surface area contributed by atoms with Gasteiger partial charge in [0.25, 0.3) is 0 Å². The molecule has 3 rings (SSSR count). The summed E-state index contributed by atoms with van der Waals surface area (Å²) in [5.41, 5.74) is 2.61. The molecule has 0 spiro atoms. The monoisotopic (exact) mass is 241 g/mol. The molecule has 0 unspecified atom stereocenters. The number of benzene rings is 2. The molecule has 0 saturated heterocycles. The SMILES string of the molecule is Cc1cc2c(F)c(-c3ccccc3O)ccc2[nH]1. The van der Waals surface area contributed by atoms with Crippen molar-refractivity contribution < 1.29 is 9.50 Å². The first-order chi connectivity index (χ1) is 8.66. The van der Waals surface area contributed by atoms with E-state index in [1.165, 1.54) is 0 Å². The highest BCUT2D eigenvalue weighted by Gasteiger charge is 2.13. The van der Waals surface area contributed by atoms with Crippen molar-refractivity contribution in [2.45, 2.75) is 6.92 Å². The number of aromatic amines is 1. The summed E-state index contributed by atoms with van der Waals surface area (Å²) in [5, 5.41) is 10.3. The molecule has 90 valence electrons. The smallest absolute Gasteiger partial charge is 0.140 e. The van der Waals surface area contributed by atoms with Crippen molar-refractivity contribution in [3.8, 4) is 16.9 Å². The van der Waals surface area contributed by atoms with E-state index in [9.17, 15) is 9.50 Å². The van der Waals surface area contributed by atoms with Crippen molar-refractivity contribution in [1.29, 1.82) is 0 Å². The molecule has 3 heteroatoms. The molecule has 2 aromatic carbocycles. The van der Waals surface area contributed by atoms with E-state index >= 15 is 0 Å². The van der Waals surface area contributed by atoms with Gasteiger partial charge in [0, 0.05) is 27.7 Å². The Morgan fingerprint density at radius 2 is 1.83 bits per heavy atom. The van der Waals surface area contributed by atoms with Gasteiger partial charge < -0.3 is 10.1 Å². The number of phenolic OH excluding ortho intramolecular Hbond substituents is 1. The molecule has 0 amide bonds. The third-order valence-electron chi connectivity index (χ3n) is 3.07. The number of phenols is 1. The number of para-hydroxylation sites is 1. The zero-order valence-corrected chi connectivity index (χ0v) is 9.87. The van der Waals surface area contributed by atoms with Gasteiger partial charge in [-0.1, -0.05) is 18.2 Å². The molecule has 0 atom stereocenters. The van der Waals surface area contributed by atoms with E-state index in [1.807, 2.05) is 13.0 Å². The molecule has 1 heterocycles. The molecule has 0 aliphatic heterocycles. The molecule has 0 bridgehead atoms. The fourth-order valence-corrected chi connectivity index (χ4v) is 2.22. The quantitative estimate of drug-likeness (QED) is 0.664. The molecule has 0 fully saturated rings. The van der Waals surface area contributed by atoms with E-state index in [1.54, 1.807) is 36.4 Å². The van der Waals surface area contributed by atoms with Gasteiger partial charge in [-0.15, -0.1) is 0 Å². The zero-order valence-electron chi connectivity index (χ0n) is 9.87. The van der Waals surface area contributed by atoms with E-state index in [0.29, 0.717) is 16.5 Å². The number of rotatable bonds is 1. The number of halogens is 1. The number of fused-ring (bicyclic) bond motifs is 1. The Hall–Kier alpha value is -2.29. The Kier molecular flexibility index (Phi) is 2.33. The molecule has 0 saturated carbocycles. The molecular weight excluding hydrogens is 229 g/mol. The molecule has 0 aliphatic carbocycles. The Labute approximate surface area is 104 Å². The number of aromatic nitrogens is 1. The number of nitrogens with one attached hydrogen (secondary N) is 1. The predicted molar refractivity (Wildman–Crippen MR) is 70.1 cm³/mol. The highest BCUT2D eigenvalue weighted by molar-refractivity contribution is 5.87. The number of aromatic hydroxyl groups is 1. The van der Waals surface area contributed by atoms with Crippen molar-refractivity contribution in [1.82, 2.24) is 4.98 Å². The van der Waals surface area contributed by atoms with Crippen molar-refractivity contribution in [3.05, 3.63) is 54.0 Å². The van der Waals surface area contributed by atoms with E-state index in [2.05, 4.69) is 4.98 Å². The minimum absolute atomic E-state index is 0.0861. The van der Waals surface area contributed by atoms with E-state index in [0.717, 1.165) is 11.2 Å². The summed E-state index contributed by atoms with van der Waals surface area (Å²) in [6.45, 7) is 1.89. The van der Waals surface area contributed by atoms with Gasteiger partial charge in [0.2, 0.25) is 0 Å². The maximum atomic E-state index is 14.4. The topological polar surface area (TPSA) is 36.0 Å². The summed E-state index contributed by atoms with van der Waals surface area (Å²) in [4.78, 5) is 3.09. The van der Waals surface area contributed by atoms with Crippen LogP contribution in [0.5, 0.6) is 5.75 Å². The highest BCUT2D eigenvalue weighted by Crippen LogP contribution is 2.34. The number of aryl methyl sites for hydroxylation is 1. The maximum Gasteiger partial charge on any atom is 0.140 e. The standard InChI is InChI=1S/C15H12FNO/c1-9-8-12-13(17-9)7-6-11(15(12)16)10-4-2-3-5-14(10)18/h2-8,17-18H,1H3. The van der Waals surface area contributed by atoms with Crippen LogP contribution in [0.25, 0.3) is 22.0 Å². The Morgan fingerprint density at radius 1 is 1.06 bits per heavy atom. The summed E-state index contributed by atoms with van der Waals surface area (Å²) in [7, 11) is 0. The van der Waals surface area contributed by atoms with Gasteiger partial charge in [0.1, 0.15) is 11.6 Å².